The van der Waals surface area contributed by atoms with Crippen molar-refractivity contribution >= 4 is 17.1 Å². The Morgan fingerprint density at radius 2 is 1.88 bits per heavy atom. The van der Waals surface area contributed by atoms with Gasteiger partial charge in [-0.2, -0.15) is 0 Å². The van der Waals surface area contributed by atoms with Gasteiger partial charge in [0.15, 0.2) is 5.82 Å². The monoisotopic (exact) mass is 353 g/mol. The van der Waals surface area contributed by atoms with Crippen molar-refractivity contribution in [2.45, 2.75) is 45.3 Å². The molecule has 2 aromatic rings. The van der Waals surface area contributed by atoms with Crippen molar-refractivity contribution in [1.29, 1.82) is 0 Å². The quantitative estimate of drug-likeness (QED) is 0.856. The molecular formula is C17H21F2N3O3. The van der Waals surface area contributed by atoms with Crippen LogP contribution in [-0.2, 0) is 4.74 Å². The number of benzene rings is 1. The van der Waals surface area contributed by atoms with Crippen molar-refractivity contribution < 1.29 is 18.3 Å². The minimum absolute atomic E-state index is 0.000900. The molecule has 0 unspecified atom stereocenters. The molecule has 0 spiro atoms. The Kier molecular flexibility index (Phi) is 4.30. The summed E-state index contributed by atoms with van der Waals surface area (Å²) in [6, 6.07) is 1.66. The smallest absolute Gasteiger partial charge is 0.410 e. The van der Waals surface area contributed by atoms with Crippen LogP contribution >= 0.6 is 0 Å². The first-order chi connectivity index (χ1) is 11.7. The summed E-state index contributed by atoms with van der Waals surface area (Å²) in [6.07, 6.45) is 0.614. The fourth-order valence-corrected chi connectivity index (χ4v) is 3.15. The maximum atomic E-state index is 13.8. The number of hydrogen-bond donors (Lipinski definition) is 1. The van der Waals surface area contributed by atoms with Gasteiger partial charge in [0.25, 0.3) is 0 Å². The average Bonchev–Trinajstić information content (AvgIpc) is 2.82. The second kappa shape index (κ2) is 6.16. The lowest BCUT2D eigenvalue weighted by atomic mass is 10.0. The van der Waals surface area contributed by atoms with Crippen LogP contribution in [0.1, 0.15) is 39.7 Å². The van der Waals surface area contributed by atoms with Crippen LogP contribution < -0.4 is 5.69 Å². The molecule has 1 aromatic heterocycles. The SMILES string of the molecule is CC(C)(C)OC(=O)N1CCC(n2c(=O)[nH]c3c(F)cc(F)cc32)CC1. The van der Waals surface area contributed by atoms with Crippen molar-refractivity contribution in [3.8, 4) is 0 Å². The number of aromatic amines is 1. The molecule has 0 radical (unpaired) electrons. The van der Waals surface area contributed by atoms with Crippen molar-refractivity contribution in [2.75, 3.05) is 13.1 Å². The molecule has 0 aliphatic carbocycles. The highest BCUT2D eigenvalue weighted by molar-refractivity contribution is 5.76. The highest BCUT2D eigenvalue weighted by Gasteiger charge is 2.29. The van der Waals surface area contributed by atoms with Crippen LogP contribution in [0.4, 0.5) is 13.6 Å². The molecule has 1 fully saturated rings. The van der Waals surface area contributed by atoms with E-state index in [0.29, 0.717) is 25.9 Å². The molecule has 1 aliphatic rings. The summed E-state index contributed by atoms with van der Waals surface area (Å²) in [5.41, 5.74) is -0.842. The molecular weight excluding hydrogens is 332 g/mol. The lowest BCUT2D eigenvalue weighted by Gasteiger charge is -2.33. The van der Waals surface area contributed by atoms with Gasteiger partial charge in [0.05, 0.1) is 5.52 Å². The lowest BCUT2D eigenvalue weighted by molar-refractivity contribution is 0.0189. The van der Waals surface area contributed by atoms with Crippen LogP contribution in [0.5, 0.6) is 0 Å². The van der Waals surface area contributed by atoms with E-state index in [1.807, 2.05) is 0 Å². The Labute approximate surface area is 143 Å². The van der Waals surface area contributed by atoms with E-state index < -0.39 is 29.0 Å². The molecule has 0 saturated carbocycles. The van der Waals surface area contributed by atoms with Gasteiger partial charge in [-0.05, 0) is 33.6 Å². The van der Waals surface area contributed by atoms with Gasteiger partial charge in [0.2, 0.25) is 0 Å². The number of halogens is 2. The first-order valence-corrected chi connectivity index (χ1v) is 8.23. The molecule has 0 atom stereocenters. The molecule has 6 nitrogen and oxygen atoms in total. The van der Waals surface area contributed by atoms with Gasteiger partial charge >= 0.3 is 11.8 Å². The summed E-state index contributed by atoms with van der Waals surface area (Å²) in [5.74, 6) is -1.53. The van der Waals surface area contributed by atoms with Gasteiger partial charge in [-0.25, -0.2) is 18.4 Å². The summed E-state index contributed by atoms with van der Waals surface area (Å²) in [6.45, 7) is 6.22. The van der Waals surface area contributed by atoms with E-state index in [1.165, 1.54) is 4.57 Å². The van der Waals surface area contributed by atoms with Crippen LogP contribution in [-0.4, -0.2) is 39.2 Å². The second-order valence-electron chi connectivity index (χ2n) is 7.28. The molecule has 25 heavy (non-hydrogen) atoms. The van der Waals surface area contributed by atoms with E-state index in [9.17, 15) is 18.4 Å². The topological polar surface area (TPSA) is 67.3 Å². The van der Waals surface area contributed by atoms with Crippen LogP contribution in [0.3, 0.4) is 0 Å². The lowest BCUT2D eigenvalue weighted by Crippen LogP contribution is -2.43. The molecule has 3 rings (SSSR count). The third kappa shape index (κ3) is 3.52. The Hall–Kier alpha value is -2.38. The molecule has 8 heteroatoms. The maximum absolute atomic E-state index is 13.8. The minimum atomic E-state index is -0.794. The van der Waals surface area contributed by atoms with Crippen LogP contribution in [0.25, 0.3) is 11.0 Å². The minimum Gasteiger partial charge on any atom is -0.444 e. The Bertz CT molecular complexity index is 858. The fourth-order valence-electron chi connectivity index (χ4n) is 3.15. The number of hydrogen-bond acceptors (Lipinski definition) is 3. The van der Waals surface area contributed by atoms with E-state index in [4.69, 9.17) is 4.74 Å². The zero-order chi connectivity index (χ0) is 18.4. The van der Waals surface area contributed by atoms with E-state index in [-0.39, 0.29) is 17.1 Å². The summed E-state index contributed by atoms with van der Waals surface area (Å²) < 4.78 is 34.1. The van der Waals surface area contributed by atoms with Gasteiger partial charge < -0.3 is 14.6 Å². The number of amides is 1. The van der Waals surface area contributed by atoms with Crippen LogP contribution in [0.15, 0.2) is 16.9 Å². The number of carbonyl (C=O) groups excluding carboxylic acids is 1. The molecule has 1 aromatic carbocycles. The third-order valence-electron chi connectivity index (χ3n) is 4.23. The first-order valence-electron chi connectivity index (χ1n) is 8.23. The van der Waals surface area contributed by atoms with Gasteiger partial charge in [0.1, 0.15) is 16.9 Å². The zero-order valence-electron chi connectivity index (χ0n) is 14.4. The summed E-state index contributed by atoms with van der Waals surface area (Å²) in [4.78, 5) is 28.4. The number of H-pyrrole nitrogens is 1. The van der Waals surface area contributed by atoms with Crippen molar-refractivity contribution in [3.63, 3.8) is 0 Å². The number of rotatable bonds is 1. The van der Waals surface area contributed by atoms with Crippen LogP contribution in [0.2, 0.25) is 0 Å². The number of fused-ring (bicyclic) bond motifs is 1. The third-order valence-corrected chi connectivity index (χ3v) is 4.23. The average molecular weight is 353 g/mol. The standard InChI is InChI=1S/C17H21F2N3O3/c1-17(2,3)25-16(24)21-6-4-11(5-7-21)22-13-9-10(18)8-12(19)14(13)20-15(22)23/h8-9,11H,4-7H2,1-3H3,(H,20,23). The zero-order valence-corrected chi connectivity index (χ0v) is 14.4. The Morgan fingerprint density at radius 3 is 2.48 bits per heavy atom. The maximum Gasteiger partial charge on any atom is 0.410 e. The number of likely N-dealkylation sites (tertiary alicyclic amines) is 1. The number of ether oxygens (including phenoxy) is 1. The number of piperidine rings is 1. The molecule has 0 bridgehead atoms. The number of nitrogens with zero attached hydrogens (tertiary/aromatic N) is 2. The Morgan fingerprint density at radius 1 is 1.24 bits per heavy atom. The van der Waals surface area contributed by atoms with E-state index >= 15 is 0 Å². The predicted octanol–water partition coefficient (Wildman–Crippen LogP) is 3.18. The Balaban J connectivity index is 1.80. The number of nitrogens with one attached hydrogen (secondary N) is 1. The van der Waals surface area contributed by atoms with Gasteiger partial charge in [-0.15, -0.1) is 0 Å². The normalized spacial score (nSPS) is 16.4. The highest BCUT2D eigenvalue weighted by atomic mass is 19.1. The summed E-state index contributed by atoms with van der Waals surface area (Å²) in [5, 5.41) is 0. The van der Waals surface area contributed by atoms with E-state index in [1.54, 1.807) is 25.7 Å². The van der Waals surface area contributed by atoms with Gasteiger partial charge in [-0.3, -0.25) is 4.57 Å². The van der Waals surface area contributed by atoms with Crippen molar-refractivity contribution in [1.82, 2.24) is 14.5 Å². The first kappa shape index (κ1) is 17.4. The highest BCUT2D eigenvalue weighted by Crippen LogP contribution is 2.27. The summed E-state index contributed by atoms with van der Waals surface area (Å²) in [7, 11) is 0. The predicted molar refractivity (Wildman–Crippen MR) is 88.6 cm³/mol. The number of aromatic nitrogens is 2. The fraction of sp³-hybridized carbons (Fsp3) is 0.529. The summed E-state index contributed by atoms with van der Waals surface area (Å²) >= 11 is 0. The largest absolute Gasteiger partial charge is 0.444 e. The van der Waals surface area contributed by atoms with Crippen molar-refractivity contribution in [2.24, 2.45) is 0 Å². The van der Waals surface area contributed by atoms with Crippen LogP contribution in [0, 0.1) is 11.6 Å². The molecule has 2 heterocycles. The van der Waals surface area contributed by atoms with Crippen molar-refractivity contribution in [3.05, 3.63) is 34.3 Å². The number of imidazole rings is 1. The molecule has 1 amide bonds. The molecule has 136 valence electrons. The van der Waals surface area contributed by atoms with E-state index in [2.05, 4.69) is 4.98 Å². The second-order valence-corrected chi connectivity index (χ2v) is 7.28. The molecule has 1 aliphatic heterocycles. The molecule has 1 N–H and O–H groups in total. The van der Waals surface area contributed by atoms with Gasteiger partial charge in [-0.1, -0.05) is 0 Å². The number of carbonyl (C=O) groups is 1. The van der Waals surface area contributed by atoms with Gasteiger partial charge in [0, 0.05) is 31.3 Å². The molecule has 1 saturated heterocycles. The van der Waals surface area contributed by atoms with E-state index in [0.717, 1.165) is 12.1 Å².